The van der Waals surface area contributed by atoms with Crippen LogP contribution in [0.3, 0.4) is 0 Å². The highest BCUT2D eigenvalue weighted by Crippen LogP contribution is 2.14. The molecule has 3 heteroatoms. The van der Waals surface area contributed by atoms with Crippen molar-refractivity contribution in [1.29, 1.82) is 0 Å². The van der Waals surface area contributed by atoms with Crippen molar-refractivity contribution in [1.82, 2.24) is 0 Å². The van der Waals surface area contributed by atoms with Gasteiger partial charge in [-0.15, -0.1) is 0 Å². The Morgan fingerprint density at radius 2 is 2.14 bits per heavy atom. The second-order valence-electron chi connectivity index (χ2n) is 2.68. The lowest BCUT2D eigenvalue weighted by molar-refractivity contribution is -0.136. The third-order valence-electron chi connectivity index (χ3n) is 1.56. The van der Waals surface area contributed by atoms with Crippen molar-refractivity contribution in [2.45, 2.75) is 12.8 Å². The van der Waals surface area contributed by atoms with Crippen LogP contribution in [0.25, 0.3) is 0 Å². The molecule has 0 spiro atoms. The second kappa shape index (κ2) is 5.46. The Morgan fingerprint density at radius 3 is 2.79 bits per heavy atom. The standard InChI is InChI=1S/C11H9BrO2/c12-10-7-3-1-5-9(10)6-2-4-8-11(13)14/h1,3,5,7H,4,8H2,(H,13,14). The van der Waals surface area contributed by atoms with Crippen molar-refractivity contribution in [3.8, 4) is 11.8 Å². The average molecular weight is 253 g/mol. The Kier molecular flexibility index (Phi) is 4.21. The van der Waals surface area contributed by atoms with Crippen LogP contribution in [0.1, 0.15) is 18.4 Å². The molecule has 0 fully saturated rings. The van der Waals surface area contributed by atoms with Gasteiger partial charge in [0.15, 0.2) is 0 Å². The van der Waals surface area contributed by atoms with Gasteiger partial charge in [0.1, 0.15) is 0 Å². The largest absolute Gasteiger partial charge is 0.481 e. The molecule has 2 nitrogen and oxygen atoms in total. The highest BCUT2D eigenvalue weighted by atomic mass is 79.9. The van der Waals surface area contributed by atoms with E-state index in [0.717, 1.165) is 10.0 Å². The minimum atomic E-state index is -0.813. The average Bonchev–Trinajstić information content (AvgIpc) is 2.15. The normalized spacial score (nSPS) is 8.93. The topological polar surface area (TPSA) is 37.3 Å². The lowest BCUT2D eigenvalue weighted by Gasteiger charge is -1.92. The zero-order valence-electron chi connectivity index (χ0n) is 7.46. The fourth-order valence-electron chi connectivity index (χ4n) is 0.890. The number of hydrogen-bond donors (Lipinski definition) is 1. The summed E-state index contributed by atoms with van der Waals surface area (Å²) in [5.74, 6) is 4.91. The van der Waals surface area contributed by atoms with E-state index in [1.807, 2.05) is 24.3 Å². The first-order valence-corrected chi connectivity index (χ1v) is 4.94. The molecule has 0 unspecified atom stereocenters. The molecule has 0 aliphatic rings. The highest BCUT2D eigenvalue weighted by molar-refractivity contribution is 9.10. The smallest absolute Gasteiger partial charge is 0.304 e. The number of benzene rings is 1. The van der Waals surface area contributed by atoms with Crippen LogP contribution in [-0.4, -0.2) is 11.1 Å². The number of carbonyl (C=O) groups is 1. The third-order valence-corrected chi connectivity index (χ3v) is 2.25. The highest BCUT2D eigenvalue weighted by Gasteiger charge is 1.93. The molecule has 0 aliphatic heterocycles. The first-order valence-electron chi connectivity index (χ1n) is 4.15. The molecule has 14 heavy (non-hydrogen) atoms. The van der Waals surface area contributed by atoms with Crippen LogP contribution >= 0.6 is 15.9 Å². The van der Waals surface area contributed by atoms with E-state index in [2.05, 4.69) is 27.8 Å². The van der Waals surface area contributed by atoms with Gasteiger partial charge >= 0.3 is 5.97 Å². The van der Waals surface area contributed by atoms with Gasteiger partial charge in [-0.05, 0) is 28.1 Å². The summed E-state index contributed by atoms with van der Waals surface area (Å²) in [7, 11) is 0. The van der Waals surface area contributed by atoms with E-state index in [4.69, 9.17) is 5.11 Å². The van der Waals surface area contributed by atoms with E-state index >= 15 is 0 Å². The van der Waals surface area contributed by atoms with E-state index in [0.29, 0.717) is 6.42 Å². The summed E-state index contributed by atoms with van der Waals surface area (Å²) >= 11 is 3.36. The van der Waals surface area contributed by atoms with E-state index in [1.54, 1.807) is 0 Å². The van der Waals surface area contributed by atoms with Gasteiger partial charge in [0.05, 0.1) is 6.42 Å². The molecule has 0 radical (unpaired) electrons. The van der Waals surface area contributed by atoms with Gasteiger partial charge in [-0.1, -0.05) is 24.0 Å². The molecule has 1 N–H and O–H groups in total. The quantitative estimate of drug-likeness (QED) is 0.822. The number of rotatable bonds is 2. The van der Waals surface area contributed by atoms with Crippen molar-refractivity contribution in [2.24, 2.45) is 0 Å². The summed E-state index contributed by atoms with van der Waals surface area (Å²) < 4.78 is 0.933. The van der Waals surface area contributed by atoms with Crippen molar-refractivity contribution >= 4 is 21.9 Å². The molecule has 0 bridgehead atoms. The summed E-state index contributed by atoms with van der Waals surface area (Å²) in [5.41, 5.74) is 0.887. The maximum atomic E-state index is 10.2. The van der Waals surface area contributed by atoms with Crippen LogP contribution in [0.2, 0.25) is 0 Å². The fraction of sp³-hybridized carbons (Fsp3) is 0.182. The molecule has 1 aromatic carbocycles. The molecule has 0 saturated carbocycles. The summed E-state index contributed by atoms with van der Waals surface area (Å²) in [4.78, 5) is 10.2. The van der Waals surface area contributed by atoms with Crippen LogP contribution in [0.4, 0.5) is 0 Å². The van der Waals surface area contributed by atoms with Crippen LogP contribution in [0, 0.1) is 11.8 Å². The predicted octanol–water partition coefficient (Wildman–Crippen LogP) is 2.67. The van der Waals surface area contributed by atoms with Crippen molar-refractivity contribution in [3.63, 3.8) is 0 Å². The number of halogens is 1. The molecular weight excluding hydrogens is 244 g/mol. The Labute approximate surface area is 91.1 Å². The van der Waals surface area contributed by atoms with Gasteiger partial charge in [-0.2, -0.15) is 0 Å². The Balaban J connectivity index is 2.59. The summed E-state index contributed by atoms with van der Waals surface area (Å²) in [6, 6.07) is 7.59. The number of aliphatic carboxylic acids is 1. The fourth-order valence-corrected chi connectivity index (χ4v) is 1.27. The molecule has 0 aromatic heterocycles. The minimum Gasteiger partial charge on any atom is -0.481 e. The van der Waals surface area contributed by atoms with Crippen molar-refractivity contribution in [3.05, 3.63) is 34.3 Å². The van der Waals surface area contributed by atoms with Crippen LogP contribution < -0.4 is 0 Å². The summed E-state index contributed by atoms with van der Waals surface area (Å²) in [5, 5.41) is 8.39. The predicted molar refractivity (Wildman–Crippen MR) is 57.9 cm³/mol. The molecule has 0 aliphatic carbocycles. The second-order valence-corrected chi connectivity index (χ2v) is 3.53. The van der Waals surface area contributed by atoms with Crippen LogP contribution in [0.5, 0.6) is 0 Å². The van der Waals surface area contributed by atoms with E-state index in [9.17, 15) is 4.79 Å². The monoisotopic (exact) mass is 252 g/mol. The zero-order valence-corrected chi connectivity index (χ0v) is 9.04. The Hall–Kier alpha value is -1.27. The molecular formula is C11H9BrO2. The van der Waals surface area contributed by atoms with Gasteiger partial charge in [0, 0.05) is 16.5 Å². The van der Waals surface area contributed by atoms with Crippen molar-refractivity contribution < 1.29 is 9.90 Å². The van der Waals surface area contributed by atoms with Gasteiger partial charge in [0.25, 0.3) is 0 Å². The zero-order chi connectivity index (χ0) is 10.4. The van der Waals surface area contributed by atoms with Crippen LogP contribution in [0.15, 0.2) is 28.7 Å². The minimum absolute atomic E-state index is 0.0947. The maximum Gasteiger partial charge on any atom is 0.304 e. The summed E-state index contributed by atoms with van der Waals surface area (Å²) in [6.45, 7) is 0. The number of carboxylic acids is 1. The van der Waals surface area contributed by atoms with E-state index in [1.165, 1.54) is 0 Å². The molecule has 1 rings (SSSR count). The lowest BCUT2D eigenvalue weighted by atomic mass is 10.2. The first kappa shape index (κ1) is 10.8. The molecule has 0 heterocycles. The molecule has 0 atom stereocenters. The number of hydrogen-bond acceptors (Lipinski definition) is 1. The van der Waals surface area contributed by atoms with Gasteiger partial charge in [-0.3, -0.25) is 4.79 Å². The van der Waals surface area contributed by atoms with E-state index in [-0.39, 0.29) is 6.42 Å². The van der Waals surface area contributed by atoms with Gasteiger partial charge in [-0.25, -0.2) is 0 Å². The summed E-state index contributed by atoms with van der Waals surface area (Å²) in [6.07, 6.45) is 0.480. The maximum absolute atomic E-state index is 10.2. The van der Waals surface area contributed by atoms with Gasteiger partial charge < -0.3 is 5.11 Å². The molecule has 1 aromatic rings. The Bertz CT molecular complexity index is 388. The molecule has 0 amide bonds. The SMILES string of the molecule is O=C(O)CCC#Cc1ccccc1Br. The first-order chi connectivity index (χ1) is 6.70. The number of carboxylic acid groups (broad SMARTS) is 1. The van der Waals surface area contributed by atoms with Crippen LogP contribution in [-0.2, 0) is 4.79 Å². The van der Waals surface area contributed by atoms with Crippen molar-refractivity contribution in [2.75, 3.05) is 0 Å². The third kappa shape index (κ3) is 3.63. The Morgan fingerprint density at radius 1 is 1.43 bits per heavy atom. The van der Waals surface area contributed by atoms with E-state index < -0.39 is 5.97 Å². The molecule has 72 valence electrons. The molecule has 0 saturated heterocycles. The van der Waals surface area contributed by atoms with Gasteiger partial charge in [0.2, 0.25) is 0 Å². The lowest BCUT2D eigenvalue weighted by Crippen LogP contribution is -1.91.